The summed E-state index contributed by atoms with van der Waals surface area (Å²) < 4.78 is 13.4. The molecule has 0 aliphatic carbocycles. The molecule has 0 unspecified atom stereocenters. The Bertz CT molecular complexity index is 869. The number of aromatic nitrogens is 2. The highest BCUT2D eigenvalue weighted by molar-refractivity contribution is 5.75. The molecule has 7 nitrogen and oxygen atoms in total. The minimum atomic E-state index is -1.03. The first kappa shape index (κ1) is 22.4. The second-order valence-electron chi connectivity index (χ2n) is 7.09. The summed E-state index contributed by atoms with van der Waals surface area (Å²) >= 11 is 0. The van der Waals surface area contributed by atoms with Gasteiger partial charge in [0.2, 0.25) is 11.9 Å². The number of nitrogens with two attached hydrogens (primary N) is 1. The first-order valence-electron chi connectivity index (χ1n) is 9.39. The molecule has 0 bridgehead atoms. The summed E-state index contributed by atoms with van der Waals surface area (Å²) in [6.07, 6.45) is 0.932. The Morgan fingerprint density at radius 3 is 2.45 bits per heavy atom. The van der Waals surface area contributed by atoms with Crippen LogP contribution in [0, 0.1) is 5.82 Å². The molecule has 29 heavy (non-hydrogen) atoms. The number of hydrogen-bond acceptors (Lipinski definition) is 6. The Morgan fingerprint density at radius 1 is 1.24 bits per heavy atom. The van der Waals surface area contributed by atoms with Crippen LogP contribution in [0.2, 0.25) is 0 Å². The molecule has 0 aliphatic rings. The average molecular weight is 402 g/mol. The normalized spacial score (nSPS) is 13.6. The van der Waals surface area contributed by atoms with Gasteiger partial charge in [0.05, 0.1) is 30.0 Å². The smallest absolute Gasteiger partial charge is 0.223 e. The van der Waals surface area contributed by atoms with E-state index in [0.29, 0.717) is 22.8 Å². The van der Waals surface area contributed by atoms with Gasteiger partial charge in [0.15, 0.2) is 0 Å². The van der Waals surface area contributed by atoms with Crippen molar-refractivity contribution in [2.75, 3.05) is 12.4 Å². The fourth-order valence-electron chi connectivity index (χ4n) is 2.91. The summed E-state index contributed by atoms with van der Waals surface area (Å²) in [7, 11) is 1.72. The molecule has 1 aromatic heterocycles. The Hall–Kier alpha value is -2.84. The van der Waals surface area contributed by atoms with Crippen LogP contribution in [0.1, 0.15) is 43.9 Å². The van der Waals surface area contributed by atoms with E-state index in [4.69, 9.17) is 5.73 Å². The summed E-state index contributed by atoms with van der Waals surface area (Å²) in [6.45, 7) is 3.97. The predicted molar refractivity (Wildman–Crippen MR) is 111 cm³/mol. The van der Waals surface area contributed by atoms with Crippen molar-refractivity contribution >= 4 is 17.9 Å². The van der Waals surface area contributed by atoms with Gasteiger partial charge in [0.1, 0.15) is 5.82 Å². The zero-order valence-electron chi connectivity index (χ0n) is 16.8. The van der Waals surface area contributed by atoms with Crippen LogP contribution in [-0.4, -0.2) is 45.3 Å². The molecule has 0 spiro atoms. The number of nitrogens with one attached hydrogen (secondary N) is 1. The van der Waals surface area contributed by atoms with Crippen molar-refractivity contribution < 1.29 is 19.4 Å². The highest BCUT2D eigenvalue weighted by Crippen LogP contribution is 2.30. The highest BCUT2D eigenvalue weighted by Gasteiger charge is 2.18. The molecular weight excluding hydrogens is 375 g/mol. The number of primary amides is 1. The second kappa shape index (κ2) is 10.1. The van der Waals surface area contributed by atoms with Gasteiger partial charge < -0.3 is 21.3 Å². The maximum Gasteiger partial charge on any atom is 0.223 e. The number of nitrogens with zero attached hydrogens (tertiary/aromatic N) is 2. The summed E-state index contributed by atoms with van der Waals surface area (Å²) in [6, 6.07) is 5.97. The number of rotatable bonds is 9. The van der Waals surface area contributed by atoms with E-state index in [0.717, 1.165) is 5.69 Å². The van der Waals surface area contributed by atoms with Crippen molar-refractivity contribution in [1.29, 1.82) is 0 Å². The van der Waals surface area contributed by atoms with Gasteiger partial charge in [-0.05, 0) is 30.2 Å². The standard InChI is InChI=1S/C21H27FN4O3/c1-12(2)19-17(9-8-15(27)10-16(28)11-18(23)29)20(26-21(24-3)25-19)13-4-6-14(22)7-5-13/h4-9,12,15-16,27-28H,10-11H2,1-3H3,(H2,23,29)(H,24,25,26)/b9-8+/t15-,16-/m1/s1. The van der Waals surface area contributed by atoms with E-state index in [1.807, 2.05) is 13.8 Å². The number of aliphatic hydroxyl groups is 2. The molecule has 0 radical (unpaired) electrons. The quantitative estimate of drug-likeness (QED) is 0.511. The van der Waals surface area contributed by atoms with E-state index in [2.05, 4.69) is 15.3 Å². The number of aliphatic hydroxyl groups excluding tert-OH is 2. The van der Waals surface area contributed by atoms with Gasteiger partial charge in [-0.3, -0.25) is 4.79 Å². The Balaban J connectivity index is 2.45. The minimum absolute atomic E-state index is 0.0300. The summed E-state index contributed by atoms with van der Waals surface area (Å²) in [5.74, 6) is -0.494. The molecule has 2 aromatic rings. The highest BCUT2D eigenvalue weighted by atomic mass is 19.1. The molecule has 156 valence electrons. The fraction of sp³-hybridized carbons (Fsp3) is 0.381. The maximum atomic E-state index is 13.4. The summed E-state index contributed by atoms with van der Waals surface area (Å²) in [5.41, 5.74) is 7.80. The van der Waals surface area contributed by atoms with Gasteiger partial charge in [-0.1, -0.05) is 26.0 Å². The molecule has 0 saturated heterocycles. The van der Waals surface area contributed by atoms with Gasteiger partial charge in [-0.2, -0.15) is 0 Å². The van der Waals surface area contributed by atoms with Crippen molar-refractivity contribution in [3.05, 3.63) is 47.4 Å². The van der Waals surface area contributed by atoms with E-state index in [1.165, 1.54) is 18.2 Å². The Morgan fingerprint density at radius 2 is 1.90 bits per heavy atom. The number of benzene rings is 1. The maximum absolute atomic E-state index is 13.4. The zero-order chi connectivity index (χ0) is 21.6. The van der Waals surface area contributed by atoms with Crippen molar-refractivity contribution in [2.24, 2.45) is 5.73 Å². The van der Waals surface area contributed by atoms with Crippen LogP contribution in [0.3, 0.4) is 0 Å². The van der Waals surface area contributed by atoms with Gasteiger partial charge in [0.25, 0.3) is 0 Å². The molecule has 1 amide bonds. The molecule has 5 N–H and O–H groups in total. The minimum Gasteiger partial charge on any atom is -0.392 e. The Labute approximate surface area is 169 Å². The van der Waals surface area contributed by atoms with Crippen LogP contribution in [0.15, 0.2) is 30.3 Å². The monoisotopic (exact) mass is 402 g/mol. The van der Waals surface area contributed by atoms with Gasteiger partial charge >= 0.3 is 0 Å². The van der Waals surface area contributed by atoms with Crippen molar-refractivity contribution in [2.45, 2.75) is 44.8 Å². The van der Waals surface area contributed by atoms with Crippen LogP contribution in [0.25, 0.3) is 17.3 Å². The lowest BCUT2D eigenvalue weighted by molar-refractivity contribution is -0.120. The third-order valence-corrected chi connectivity index (χ3v) is 4.30. The lowest BCUT2D eigenvalue weighted by atomic mass is 9.97. The predicted octanol–water partition coefficient (Wildman–Crippen LogP) is 2.45. The third-order valence-electron chi connectivity index (χ3n) is 4.30. The van der Waals surface area contributed by atoms with E-state index < -0.39 is 18.1 Å². The van der Waals surface area contributed by atoms with Crippen molar-refractivity contribution in [1.82, 2.24) is 9.97 Å². The molecule has 2 atom stereocenters. The van der Waals surface area contributed by atoms with Gasteiger partial charge in [0, 0.05) is 24.6 Å². The number of halogens is 1. The lowest BCUT2D eigenvalue weighted by Crippen LogP contribution is -2.23. The number of carbonyl (C=O) groups excluding carboxylic acids is 1. The van der Waals surface area contributed by atoms with Crippen LogP contribution < -0.4 is 11.1 Å². The van der Waals surface area contributed by atoms with Crippen LogP contribution in [-0.2, 0) is 4.79 Å². The molecule has 0 saturated carbocycles. The lowest BCUT2D eigenvalue weighted by Gasteiger charge is -2.16. The molecule has 1 heterocycles. The second-order valence-corrected chi connectivity index (χ2v) is 7.09. The number of anilines is 1. The first-order valence-corrected chi connectivity index (χ1v) is 9.39. The molecule has 0 fully saturated rings. The van der Waals surface area contributed by atoms with E-state index in [9.17, 15) is 19.4 Å². The van der Waals surface area contributed by atoms with Crippen molar-refractivity contribution in [3.8, 4) is 11.3 Å². The topological polar surface area (TPSA) is 121 Å². The molecule has 8 heteroatoms. The zero-order valence-corrected chi connectivity index (χ0v) is 16.8. The van der Waals surface area contributed by atoms with Crippen molar-refractivity contribution in [3.63, 3.8) is 0 Å². The summed E-state index contributed by atoms with van der Waals surface area (Å²) in [5, 5.41) is 22.9. The van der Waals surface area contributed by atoms with Gasteiger partial charge in [-0.15, -0.1) is 0 Å². The summed E-state index contributed by atoms with van der Waals surface area (Å²) in [4.78, 5) is 19.9. The van der Waals surface area contributed by atoms with E-state index in [-0.39, 0.29) is 24.6 Å². The van der Waals surface area contributed by atoms with E-state index in [1.54, 1.807) is 25.3 Å². The van der Waals surface area contributed by atoms with Crippen LogP contribution in [0.5, 0.6) is 0 Å². The molecule has 2 rings (SSSR count). The largest absolute Gasteiger partial charge is 0.392 e. The number of hydrogen-bond donors (Lipinski definition) is 4. The third kappa shape index (κ3) is 6.33. The molecule has 0 aliphatic heterocycles. The number of carbonyl (C=O) groups is 1. The molecular formula is C21H27FN4O3. The first-order chi connectivity index (χ1) is 13.7. The number of amides is 1. The Kier molecular flexibility index (Phi) is 7.81. The SMILES string of the molecule is CNc1nc(-c2ccc(F)cc2)c(/C=C/[C@@H](O)C[C@@H](O)CC(N)=O)c(C(C)C)n1. The van der Waals surface area contributed by atoms with E-state index >= 15 is 0 Å². The van der Waals surface area contributed by atoms with Crippen LogP contribution in [0.4, 0.5) is 10.3 Å². The van der Waals surface area contributed by atoms with Crippen LogP contribution >= 0.6 is 0 Å². The van der Waals surface area contributed by atoms with Gasteiger partial charge in [-0.25, -0.2) is 14.4 Å². The molecule has 1 aromatic carbocycles. The average Bonchev–Trinajstić information content (AvgIpc) is 2.65. The fourth-order valence-corrected chi connectivity index (χ4v) is 2.91.